The monoisotopic (exact) mass is 326 g/mol. The molecule has 0 saturated heterocycles. The van der Waals surface area contributed by atoms with E-state index in [0.29, 0.717) is 10.8 Å². The second-order valence-corrected chi connectivity index (χ2v) is 5.40. The first-order valence-corrected chi connectivity index (χ1v) is 7.10. The molecule has 2 aromatic rings. The Bertz CT molecular complexity index is 586. The van der Waals surface area contributed by atoms with E-state index < -0.39 is 0 Å². The SMILES string of the molecule is COC(c1ccc(Cl)cc1)C(C)Nc1cc(Cl)nc(N)n1. The summed E-state index contributed by atoms with van der Waals surface area (Å²) in [5, 5.41) is 4.19. The van der Waals surface area contributed by atoms with Crippen molar-refractivity contribution < 1.29 is 4.74 Å². The number of hydrogen-bond acceptors (Lipinski definition) is 5. The number of nitrogens with one attached hydrogen (secondary N) is 1. The highest BCUT2D eigenvalue weighted by Crippen LogP contribution is 2.25. The maximum Gasteiger partial charge on any atom is 0.223 e. The molecule has 3 N–H and O–H groups in total. The van der Waals surface area contributed by atoms with Crippen LogP contribution in [-0.2, 0) is 4.74 Å². The fourth-order valence-electron chi connectivity index (χ4n) is 2.10. The van der Waals surface area contributed by atoms with Crippen LogP contribution in [0.25, 0.3) is 0 Å². The smallest absolute Gasteiger partial charge is 0.223 e. The minimum atomic E-state index is -0.169. The van der Waals surface area contributed by atoms with Crippen molar-refractivity contribution in [3.63, 3.8) is 0 Å². The van der Waals surface area contributed by atoms with E-state index in [0.717, 1.165) is 5.56 Å². The predicted octanol–water partition coefficient (Wildman–Crippen LogP) is 3.55. The number of nitrogens with zero attached hydrogens (tertiary/aromatic N) is 2. The van der Waals surface area contributed by atoms with Gasteiger partial charge in [0.05, 0.1) is 6.04 Å². The normalized spacial score (nSPS) is 13.7. The van der Waals surface area contributed by atoms with Crippen LogP contribution < -0.4 is 11.1 Å². The van der Waals surface area contributed by atoms with Crippen molar-refractivity contribution in [2.24, 2.45) is 0 Å². The second-order valence-electron chi connectivity index (χ2n) is 4.57. The Morgan fingerprint density at radius 1 is 1.19 bits per heavy atom. The largest absolute Gasteiger partial charge is 0.375 e. The molecular weight excluding hydrogens is 311 g/mol. The van der Waals surface area contributed by atoms with Gasteiger partial charge in [-0.15, -0.1) is 0 Å². The molecule has 0 bridgehead atoms. The number of ether oxygens (including phenoxy) is 1. The number of anilines is 2. The van der Waals surface area contributed by atoms with E-state index in [4.69, 9.17) is 33.7 Å². The Morgan fingerprint density at radius 2 is 1.86 bits per heavy atom. The van der Waals surface area contributed by atoms with Gasteiger partial charge in [-0.25, -0.2) is 4.98 Å². The lowest BCUT2D eigenvalue weighted by atomic mass is 10.0. The minimum Gasteiger partial charge on any atom is -0.375 e. The molecule has 0 amide bonds. The molecule has 1 aromatic carbocycles. The quantitative estimate of drug-likeness (QED) is 0.822. The van der Waals surface area contributed by atoms with Gasteiger partial charge in [-0.3, -0.25) is 0 Å². The summed E-state index contributed by atoms with van der Waals surface area (Å²) >= 11 is 11.8. The minimum absolute atomic E-state index is 0.0541. The van der Waals surface area contributed by atoms with Crippen LogP contribution in [0.5, 0.6) is 0 Å². The van der Waals surface area contributed by atoms with Crippen molar-refractivity contribution in [2.45, 2.75) is 19.1 Å². The molecule has 2 atom stereocenters. The third-order valence-corrected chi connectivity index (χ3v) is 3.44. The molecule has 21 heavy (non-hydrogen) atoms. The fraction of sp³-hybridized carbons (Fsp3) is 0.286. The maximum atomic E-state index is 5.90. The van der Waals surface area contributed by atoms with Gasteiger partial charge in [0.25, 0.3) is 0 Å². The standard InChI is InChI=1S/C14H16Cl2N4O/c1-8(18-12-7-11(16)19-14(17)20-12)13(21-2)9-3-5-10(15)6-4-9/h3-8,13H,1-2H3,(H3,17,18,19,20). The number of nitrogen functional groups attached to an aromatic ring is 1. The number of benzene rings is 1. The van der Waals surface area contributed by atoms with Crippen molar-refractivity contribution in [1.29, 1.82) is 0 Å². The number of methoxy groups -OCH3 is 1. The van der Waals surface area contributed by atoms with E-state index in [2.05, 4.69) is 15.3 Å². The summed E-state index contributed by atoms with van der Waals surface area (Å²) in [5.41, 5.74) is 6.59. The molecule has 5 nitrogen and oxygen atoms in total. The summed E-state index contributed by atoms with van der Waals surface area (Å²) in [4.78, 5) is 7.91. The van der Waals surface area contributed by atoms with Crippen molar-refractivity contribution in [3.8, 4) is 0 Å². The van der Waals surface area contributed by atoms with E-state index in [-0.39, 0.29) is 23.2 Å². The van der Waals surface area contributed by atoms with Gasteiger partial charge in [0.1, 0.15) is 17.1 Å². The molecular formula is C14H16Cl2N4O. The molecule has 1 aromatic heterocycles. The van der Waals surface area contributed by atoms with E-state index in [1.165, 1.54) is 0 Å². The van der Waals surface area contributed by atoms with E-state index >= 15 is 0 Å². The molecule has 0 radical (unpaired) electrons. The summed E-state index contributed by atoms with van der Waals surface area (Å²) in [5.74, 6) is 0.675. The average molecular weight is 327 g/mol. The second kappa shape index (κ2) is 6.93. The van der Waals surface area contributed by atoms with Crippen LogP contribution in [0.2, 0.25) is 10.2 Å². The Kier molecular flexibility index (Phi) is 5.22. The molecule has 0 aliphatic rings. The van der Waals surface area contributed by atoms with Crippen molar-refractivity contribution in [3.05, 3.63) is 46.1 Å². The first kappa shape index (κ1) is 15.8. The first-order chi connectivity index (χ1) is 9.99. The number of hydrogen-bond donors (Lipinski definition) is 2. The van der Waals surface area contributed by atoms with E-state index in [9.17, 15) is 0 Å². The Morgan fingerprint density at radius 3 is 2.43 bits per heavy atom. The van der Waals surface area contributed by atoms with Crippen LogP contribution in [0.4, 0.5) is 11.8 Å². The van der Waals surface area contributed by atoms with Gasteiger partial charge in [0.15, 0.2) is 0 Å². The summed E-state index contributed by atoms with van der Waals surface area (Å²) in [7, 11) is 1.65. The molecule has 0 saturated carbocycles. The van der Waals surface area contributed by atoms with Crippen LogP contribution >= 0.6 is 23.2 Å². The van der Waals surface area contributed by atoms with Crippen molar-refractivity contribution in [1.82, 2.24) is 9.97 Å². The number of halogens is 2. The van der Waals surface area contributed by atoms with Crippen molar-refractivity contribution in [2.75, 3.05) is 18.2 Å². The summed E-state index contributed by atoms with van der Waals surface area (Å²) < 4.78 is 5.56. The predicted molar refractivity (Wildman–Crippen MR) is 85.7 cm³/mol. The van der Waals surface area contributed by atoms with E-state index in [1.54, 1.807) is 13.2 Å². The number of aromatic nitrogens is 2. The lowest BCUT2D eigenvalue weighted by Crippen LogP contribution is -2.26. The third kappa shape index (κ3) is 4.20. The van der Waals surface area contributed by atoms with E-state index in [1.807, 2.05) is 31.2 Å². The van der Waals surface area contributed by atoms with Gasteiger partial charge in [0, 0.05) is 18.2 Å². The Balaban J connectivity index is 2.16. The van der Waals surface area contributed by atoms with Gasteiger partial charge in [-0.05, 0) is 24.6 Å². The van der Waals surface area contributed by atoms with Crippen molar-refractivity contribution >= 4 is 35.0 Å². The summed E-state index contributed by atoms with van der Waals surface area (Å²) in [6, 6.07) is 9.07. The zero-order valence-electron chi connectivity index (χ0n) is 11.7. The lowest BCUT2D eigenvalue weighted by molar-refractivity contribution is 0.0907. The number of rotatable bonds is 5. The highest BCUT2D eigenvalue weighted by atomic mass is 35.5. The lowest BCUT2D eigenvalue weighted by Gasteiger charge is -2.24. The number of nitrogens with two attached hydrogens (primary N) is 1. The molecule has 2 unspecified atom stereocenters. The van der Waals surface area contributed by atoms with Gasteiger partial charge < -0.3 is 15.8 Å². The topological polar surface area (TPSA) is 73.1 Å². The molecule has 0 spiro atoms. The Hall–Kier alpha value is -1.56. The third-order valence-electron chi connectivity index (χ3n) is 2.99. The summed E-state index contributed by atoms with van der Waals surface area (Å²) in [6.45, 7) is 1.98. The average Bonchev–Trinajstić information content (AvgIpc) is 2.40. The molecule has 2 rings (SSSR count). The van der Waals surface area contributed by atoms with Crippen LogP contribution in [0.1, 0.15) is 18.6 Å². The molecule has 0 fully saturated rings. The van der Waals surface area contributed by atoms with Crippen LogP contribution in [-0.4, -0.2) is 23.1 Å². The van der Waals surface area contributed by atoms with Crippen LogP contribution in [0.3, 0.4) is 0 Å². The fourth-order valence-corrected chi connectivity index (χ4v) is 2.42. The van der Waals surface area contributed by atoms with Gasteiger partial charge in [0.2, 0.25) is 5.95 Å². The zero-order valence-corrected chi connectivity index (χ0v) is 13.2. The van der Waals surface area contributed by atoms with Gasteiger partial charge in [-0.2, -0.15) is 4.98 Å². The molecule has 7 heteroatoms. The Labute approximate surface area is 133 Å². The molecule has 0 aliphatic carbocycles. The molecule has 1 heterocycles. The highest BCUT2D eigenvalue weighted by Gasteiger charge is 2.19. The van der Waals surface area contributed by atoms with Gasteiger partial charge in [-0.1, -0.05) is 35.3 Å². The van der Waals surface area contributed by atoms with Crippen LogP contribution in [0.15, 0.2) is 30.3 Å². The van der Waals surface area contributed by atoms with Crippen LogP contribution in [0, 0.1) is 0 Å². The highest BCUT2D eigenvalue weighted by molar-refractivity contribution is 6.30. The zero-order chi connectivity index (χ0) is 15.4. The summed E-state index contributed by atoms with van der Waals surface area (Å²) in [6.07, 6.45) is -0.169. The first-order valence-electron chi connectivity index (χ1n) is 6.34. The molecule has 112 valence electrons. The molecule has 0 aliphatic heterocycles. The maximum absolute atomic E-state index is 5.90. The van der Waals surface area contributed by atoms with Gasteiger partial charge >= 0.3 is 0 Å².